The van der Waals surface area contributed by atoms with E-state index < -0.39 is 0 Å². The van der Waals surface area contributed by atoms with Crippen LogP contribution in [0.2, 0.25) is 10.0 Å². The lowest BCUT2D eigenvalue weighted by atomic mass is 10.1. The Morgan fingerprint density at radius 2 is 1.85 bits per heavy atom. The average Bonchev–Trinajstić information content (AvgIpc) is 3.19. The second-order valence-electron chi connectivity index (χ2n) is 7.94. The first-order valence-electron chi connectivity index (χ1n) is 11.0. The highest BCUT2D eigenvalue weighted by molar-refractivity contribution is 7.13. The van der Waals surface area contributed by atoms with Crippen LogP contribution in [0.25, 0.3) is 0 Å². The first-order valence-corrected chi connectivity index (χ1v) is 12.6. The van der Waals surface area contributed by atoms with E-state index in [2.05, 4.69) is 22.5 Å². The summed E-state index contributed by atoms with van der Waals surface area (Å²) in [6.07, 6.45) is 4.54. The zero-order chi connectivity index (χ0) is 24.4. The molecular weight excluding hydrogens is 483 g/mol. The van der Waals surface area contributed by atoms with Crippen molar-refractivity contribution in [3.05, 3.63) is 44.9 Å². The molecule has 2 aromatic rings. The summed E-state index contributed by atoms with van der Waals surface area (Å²) in [6, 6.07) is 4.40. The lowest BCUT2D eigenvalue weighted by molar-refractivity contribution is -0.120. The fourth-order valence-electron chi connectivity index (χ4n) is 3.05. The molecule has 3 amide bonds. The van der Waals surface area contributed by atoms with E-state index in [0.29, 0.717) is 28.0 Å². The average molecular weight is 513 g/mol. The molecule has 0 aliphatic carbocycles. The summed E-state index contributed by atoms with van der Waals surface area (Å²) in [7, 11) is 0. The second kappa shape index (κ2) is 13.5. The van der Waals surface area contributed by atoms with Crippen molar-refractivity contribution in [2.24, 2.45) is 0 Å². The summed E-state index contributed by atoms with van der Waals surface area (Å²) in [5, 5.41) is 8.36. The number of anilines is 1. The van der Waals surface area contributed by atoms with E-state index in [0.717, 1.165) is 25.7 Å². The first kappa shape index (κ1) is 27.1. The minimum absolute atomic E-state index is 0.0899. The molecule has 0 atom stereocenters. The van der Waals surface area contributed by atoms with Gasteiger partial charge in [0.1, 0.15) is 6.54 Å². The van der Waals surface area contributed by atoms with Gasteiger partial charge in [0.05, 0.1) is 22.2 Å². The van der Waals surface area contributed by atoms with E-state index in [1.807, 2.05) is 13.8 Å². The molecule has 180 valence electrons. The lowest BCUT2D eigenvalue weighted by Crippen LogP contribution is -2.42. The Bertz CT molecular complexity index is 965. The molecule has 0 aliphatic heterocycles. The number of rotatable bonds is 12. The Hall–Kier alpha value is -2.16. The van der Waals surface area contributed by atoms with Gasteiger partial charge < -0.3 is 15.5 Å². The molecule has 33 heavy (non-hydrogen) atoms. The maximum Gasteiger partial charge on any atom is 0.254 e. The lowest BCUT2D eigenvalue weighted by Gasteiger charge is -2.26. The van der Waals surface area contributed by atoms with Crippen LogP contribution in [0.15, 0.2) is 23.6 Å². The molecule has 0 aliphatic rings. The number of carbonyl (C=O) groups is 3. The van der Waals surface area contributed by atoms with Crippen LogP contribution in [-0.4, -0.2) is 46.7 Å². The normalized spacial score (nSPS) is 10.8. The highest BCUT2D eigenvalue weighted by Gasteiger charge is 2.23. The summed E-state index contributed by atoms with van der Waals surface area (Å²) in [4.78, 5) is 43.3. The highest BCUT2D eigenvalue weighted by atomic mass is 35.5. The number of hydrogen-bond acceptors (Lipinski definition) is 5. The number of nitrogens with one attached hydrogen (secondary N) is 2. The Balaban J connectivity index is 1.89. The molecular formula is C23H30Cl2N4O3S. The van der Waals surface area contributed by atoms with Crippen molar-refractivity contribution in [2.45, 2.75) is 58.9 Å². The van der Waals surface area contributed by atoms with E-state index in [4.69, 9.17) is 23.2 Å². The van der Waals surface area contributed by atoms with Gasteiger partial charge in [-0.25, -0.2) is 4.98 Å². The fourth-order valence-corrected chi connectivity index (χ4v) is 4.07. The predicted molar refractivity (Wildman–Crippen MR) is 134 cm³/mol. The number of amides is 3. The van der Waals surface area contributed by atoms with Gasteiger partial charge in [-0.3, -0.25) is 14.4 Å². The van der Waals surface area contributed by atoms with E-state index >= 15 is 0 Å². The Labute approximate surface area is 208 Å². The largest absolute Gasteiger partial charge is 0.356 e. The van der Waals surface area contributed by atoms with E-state index in [9.17, 15) is 14.4 Å². The second-order valence-corrected chi connectivity index (χ2v) is 9.61. The number of thiazole rings is 1. The van der Waals surface area contributed by atoms with Crippen LogP contribution in [-0.2, 0) is 16.0 Å². The molecule has 2 rings (SSSR count). The van der Waals surface area contributed by atoms with Crippen LogP contribution in [0.5, 0.6) is 0 Å². The van der Waals surface area contributed by atoms with Gasteiger partial charge in [0.15, 0.2) is 5.13 Å². The minimum Gasteiger partial charge on any atom is -0.356 e. The number of aromatic nitrogens is 1. The maximum atomic E-state index is 12.9. The minimum atomic E-state index is -0.376. The van der Waals surface area contributed by atoms with Crippen molar-refractivity contribution < 1.29 is 14.4 Å². The number of unbranched alkanes of at least 4 members (excludes halogenated alkanes) is 3. The van der Waals surface area contributed by atoms with Crippen molar-refractivity contribution in [2.75, 3.05) is 18.4 Å². The fraction of sp³-hybridized carbons (Fsp3) is 0.478. The van der Waals surface area contributed by atoms with Gasteiger partial charge in [0.2, 0.25) is 11.8 Å². The summed E-state index contributed by atoms with van der Waals surface area (Å²) >= 11 is 13.2. The molecule has 0 saturated heterocycles. The van der Waals surface area contributed by atoms with E-state index in [1.165, 1.54) is 22.3 Å². The summed E-state index contributed by atoms with van der Waals surface area (Å²) in [6.45, 7) is 6.30. The molecule has 2 N–H and O–H groups in total. The van der Waals surface area contributed by atoms with Crippen molar-refractivity contribution in [3.63, 3.8) is 0 Å². The zero-order valence-electron chi connectivity index (χ0n) is 19.1. The van der Waals surface area contributed by atoms with Gasteiger partial charge in [-0.05, 0) is 38.5 Å². The van der Waals surface area contributed by atoms with Gasteiger partial charge in [-0.1, -0.05) is 49.4 Å². The molecule has 0 saturated carbocycles. The van der Waals surface area contributed by atoms with Crippen molar-refractivity contribution in [3.8, 4) is 0 Å². The van der Waals surface area contributed by atoms with Crippen molar-refractivity contribution in [1.29, 1.82) is 0 Å². The molecule has 10 heteroatoms. The molecule has 0 bridgehead atoms. The summed E-state index contributed by atoms with van der Waals surface area (Å²) in [5.74, 6) is -0.791. The summed E-state index contributed by atoms with van der Waals surface area (Å²) < 4.78 is 0. The third-order valence-electron chi connectivity index (χ3n) is 4.86. The smallest absolute Gasteiger partial charge is 0.254 e. The van der Waals surface area contributed by atoms with Crippen LogP contribution >= 0.6 is 34.5 Å². The number of nitrogens with zero attached hydrogens (tertiary/aromatic N) is 2. The van der Waals surface area contributed by atoms with Crippen LogP contribution in [0.1, 0.15) is 62.5 Å². The Kier molecular flexibility index (Phi) is 11.1. The van der Waals surface area contributed by atoms with Crippen molar-refractivity contribution in [1.82, 2.24) is 15.2 Å². The standard InChI is InChI=1S/C23H30Cl2N4O3S/c1-4-5-6-7-10-26-20(30)12-17-14-33-23(27-17)28-21(31)13-29(15(2)3)22(32)16-8-9-18(24)19(25)11-16/h8-9,11,14-15H,4-7,10,12-13H2,1-3H3,(H,26,30)(H,27,28,31). The maximum absolute atomic E-state index is 12.9. The Morgan fingerprint density at radius 3 is 2.52 bits per heavy atom. The van der Waals surface area contributed by atoms with Gasteiger partial charge >= 0.3 is 0 Å². The van der Waals surface area contributed by atoms with E-state index in [-0.39, 0.29) is 41.8 Å². The number of carbonyl (C=O) groups excluding carboxylic acids is 3. The summed E-state index contributed by atoms with van der Waals surface area (Å²) in [5.41, 5.74) is 0.942. The third-order valence-corrected chi connectivity index (χ3v) is 6.40. The molecule has 7 nitrogen and oxygen atoms in total. The molecule has 0 spiro atoms. The van der Waals surface area contributed by atoms with Crippen LogP contribution in [0.4, 0.5) is 5.13 Å². The molecule has 1 heterocycles. The first-order chi connectivity index (χ1) is 15.7. The van der Waals surface area contributed by atoms with Gasteiger partial charge in [0, 0.05) is 23.5 Å². The molecule has 0 radical (unpaired) electrons. The topological polar surface area (TPSA) is 91.4 Å². The van der Waals surface area contributed by atoms with Gasteiger partial charge in [-0.2, -0.15) is 0 Å². The predicted octanol–water partition coefficient (Wildman–Crippen LogP) is 5.18. The quantitative estimate of drug-likeness (QED) is 0.383. The van der Waals surface area contributed by atoms with Crippen LogP contribution in [0, 0.1) is 0 Å². The van der Waals surface area contributed by atoms with Crippen molar-refractivity contribution >= 4 is 57.4 Å². The highest BCUT2D eigenvalue weighted by Crippen LogP contribution is 2.24. The number of halogens is 2. The van der Waals surface area contributed by atoms with Gasteiger partial charge in [-0.15, -0.1) is 11.3 Å². The monoisotopic (exact) mass is 512 g/mol. The van der Waals surface area contributed by atoms with Crippen LogP contribution < -0.4 is 10.6 Å². The Morgan fingerprint density at radius 1 is 1.09 bits per heavy atom. The molecule has 1 aromatic heterocycles. The van der Waals surface area contributed by atoms with Crippen LogP contribution in [0.3, 0.4) is 0 Å². The zero-order valence-corrected chi connectivity index (χ0v) is 21.4. The third kappa shape index (κ3) is 8.95. The van der Waals surface area contributed by atoms with Gasteiger partial charge in [0.25, 0.3) is 5.91 Å². The molecule has 0 fully saturated rings. The number of benzene rings is 1. The van der Waals surface area contributed by atoms with E-state index in [1.54, 1.807) is 17.5 Å². The number of hydrogen-bond donors (Lipinski definition) is 2. The SMILES string of the molecule is CCCCCCNC(=O)Cc1csc(NC(=O)CN(C(=O)c2ccc(Cl)c(Cl)c2)C(C)C)n1. The molecule has 0 unspecified atom stereocenters. The molecule has 1 aromatic carbocycles.